The molecule has 0 atom stereocenters. The van der Waals surface area contributed by atoms with Gasteiger partial charge in [0.1, 0.15) is 5.82 Å². The number of hydrogen-bond acceptors (Lipinski definition) is 2. The molecule has 3 aliphatic rings. The van der Waals surface area contributed by atoms with Crippen molar-refractivity contribution >= 4 is 29.3 Å². The Morgan fingerprint density at radius 2 is 2.12 bits per heavy atom. The Labute approximate surface area is 106 Å². The minimum atomic E-state index is 0.777. The van der Waals surface area contributed by atoms with Crippen LogP contribution in [0.5, 0.6) is 0 Å². The van der Waals surface area contributed by atoms with Gasteiger partial charge in [0.2, 0.25) is 0 Å². The zero-order chi connectivity index (χ0) is 11.4. The van der Waals surface area contributed by atoms with Crippen molar-refractivity contribution in [3.8, 4) is 0 Å². The van der Waals surface area contributed by atoms with E-state index in [1.54, 1.807) is 5.56 Å². The Balaban J connectivity index is 2.01. The molecular weight excluding hydrogens is 228 g/mol. The van der Waals surface area contributed by atoms with Gasteiger partial charge < -0.3 is 9.88 Å². The lowest BCUT2D eigenvalue weighted by Crippen LogP contribution is -2.38. The number of nitrogens with zero attached hydrogens (tertiary/aromatic N) is 1. The summed E-state index contributed by atoms with van der Waals surface area (Å²) in [6.07, 6.45) is 2.65. The molecule has 0 spiro atoms. The van der Waals surface area contributed by atoms with E-state index in [2.05, 4.69) is 40.7 Å². The first-order valence-corrected chi connectivity index (χ1v) is 7.00. The molecule has 1 N–H and O–H groups in total. The number of piperidine rings is 1. The van der Waals surface area contributed by atoms with E-state index in [1.165, 1.54) is 48.2 Å². The first-order chi connectivity index (χ1) is 8.36. The summed E-state index contributed by atoms with van der Waals surface area (Å²) in [5.74, 6) is 2.99. The van der Waals surface area contributed by atoms with Crippen LogP contribution in [0.1, 0.15) is 29.9 Å². The number of H-pyrrole nitrogens is 1. The average Bonchev–Trinajstić information content (AvgIpc) is 2.80. The highest BCUT2D eigenvalue weighted by atomic mass is 32.1. The minimum Gasteiger partial charge on any atom is -0.358 e. The van der Waals surface area contributed by atoms with Gasteiger partial charge in [0.05, 0.1) is 0 Å². The van der Waals surface area contributed by atoms with E-state index in [4.69, 9.17) is 0 Å². The SMILES string of the molecule is SCc1ccc2[nH]c3c(c2c1)C1CCN3CC1. The molecule has 1 saturated heterocycles. The molecule has 1 aromatic carbocycles. The maximum absolute atomic E-state index is 4.38. The molecule has 2 bridgehead atoms. The van der Waals surface area contributed by atoms with E-state index in [0.29, 0.717) is 0 Å². The molecule has 0 amide bonds. The molecule has 0 radical (unpaired) electrons. The van der Waals surface area contributed by atoms with Crippen LogP contribution in [-0.2, 0) is 5.75 Å². The largest absolute Gasteiger partial charge is 0.358 e. The summed E-state index contributed by atoms with van der Waals surface area (Å²) < 4.78 is 0. The molecule has 0 saturated carbocycles. The second kappa shape index (κ2) is 3.45. The summed E-state index contributed by atoms with van der Waals surface area (Å²) in [4.78, 5) is 6.11. The molecular formula is C14H16N2S. The summed E-state index contributed by atoms with van der Waals surface area (Å²) in [5, 5.41) is 1.43. The Morgan fingerprint density at radius 3 is 2.88 bits per heavy atom. The normalized spacial score (nSPS) is 19.0. The topological polar surface area (TPSA) is 19.0 Å². The Kier molecular flexibility index (Phi) is 2.01. The third kappa shape index (κ3) is 1.29. The molecule has 3 aliphatic heterocycles. The third-order valence-electron chi connectivity index (χ3n) is 4.28. The maximum Gasteiger partial charge on any atom is 0.110 e. The van der Waals surface area contributed by atoms with Crippen LogP contribution in [-0.4, -0.2) is 18.1 Å². The van der Waals surface area contributed by atoms with Crippen LogP contribution in [0.3, 0.4) is 0 Å². The molecule has 0 unspecified atom stereocenters. The van der Waals surface area contributed by atoms with Crippen LogP contribution in [0.15, 0.2) is 18.2 Å². The van der Waals surface area contributed by atoms with Crippen molar-refractivity contribution in [2.75, 3.05) is 18.0 Å². The van der Waals surface area contributed by atoms with Crippen LogP contribution >= 0.6 is 12.6 Å². The van der Waals surface area contributed by atoms with Crippen LogP contribution in [0.25, 0.3) is 10.9 Å². The van der Waals surface area contributed by atoms with Gasteiger partial charge in [-0.25, -0.2) is 0 Å². The monoisotopic (exact) mass is 244 g/mol. The number of thiol groups is 1. The van der Waals surface area contributed by atoms with Gasteiger partial charge in [-0.1, -0.05) is 6.07 Å². The standard InChI is InChI=1S/C14H16N2S/c17-8-9-1-2-12-11(7-9)13-10-3-5-16(6-4-10)14(13)15-12/h1-2,7,10,15,17H,3-6,8H2. The first-order valence-electron chi connectivity index (χ1n) is 6.37. The zero-order valence-corrected chi connectivity index (χ0v) is 10.6. The second-order valence-corrected chi connectivity index (χ2v) is 5.50. The van der Waals surface area contributed by atoms with E-state index in [0.717, 1.165) is 11.7 Å². The number of hydrogen-bond donors (Lipinski definition) is 2. The first kappa shape index (κ1) is 9.89. The van der Waals surface area contributed by atoms with Crippen LogP contribution in [0.2, 0.25) is 0 Å². The minimum absolute atomic E-state index is 0.777. The van der Waals surface area contributed by atoms with E-state index < -0.39 is 0 Å². The van der Waals surface area contributed by atoms with Crippen molar-refractivity contribution in [3.05, 3.63) is 29.3 Å². The molecule has 0 aliphatic carbocycles. The number of aromatic amines is 1. The predicted molar refractivity (Wildman–Crippen MR) is 75.2 cm³/mol. The number of nitrogens with one attached hydrogen (secondary N) is 1. The molecule has 3 heteroatoms. The van der Waals surface area contributed by atoms with Crippen LogP contribution in [0, 0.1) is 0 Å². The second-order valence-electron chi connectivity index (χ2n) is 5.19. The summed E-state index contributed by atoms with van der Waals surface area (Å²) in [6.45, 7) is 2.45. The fourth-order valence-electron chi connectivity index (χ4n) is 3.40. The van der Waals surface area contributed by atoms with Gasteiger partial charge in [0, 0.05) is 35.3 Å². The van der Waals surface area contributed by atoms with Crippen molar-refractivity contribution in [1.29, 1.82) is 0 Å². The number of rotatable bonds is 1. The molecule has 1 aromatic heterocycles. The lowest BCUT2D eigenvalue weighted by Gasteiger charge is -2.40. The summed E-state index contributed by atoms with van der Waals surface area (Å²) >= 11 is 4.38. The van der Waals surface area contributed by atoms with E-state index in [-0.39, 0.29) is 0 Å². The van der Waals surface area contributed by atoms with Crippen LogP contribution in [0.4, 0.5) is 5.82 Å². The Morgan fingerprint density at radius 1 is 1.29 bits per heavy atom. The van der Waals surface area contributed by atoms with E-state index in [1.807, 2.05) is 0 Å². The highest BCUT2D eigenvalue weighted by molar-refractivity contribution is 7.79. The quantitative estimate of drug-likeness (QED) is 0.737. The van der Waals surface area contributed by atoms with Gasteiger partial charge in [-0.05, 0) is 36.5 Å². The number of anilines is 1. The smallest absolute Gasteiger partial charge is 0.110 e. The molecule has 4 heterocycles. The Bertz CT molecular complexity index is 579. The fourth-order valence-corrected chi connectivity index (χ4v) is 3.60. The zero-order valence-electron chi connectivity index (χ0n) is 9.74. The van der Waals surface area contributed by atoms with E-state index >= 15 is 0 Å². The van der Waals surface area contributed by atoms with Gasteiger partial charge >= 0.3 is 0 Å². The molecule has 88 valence electrons. The van der Waals surface area contributed by atoms with E-state index in [9.17, 15) is 0 Å². The van der Waals surface area contributed by atoms with Crippen molar-refractivity contribution in [2.24, 2.45) is 0 Å². The summed E-state index contributed by atoms with van der Waals surface area (Å²) in [6, 6.07) is 6.70. The number of fused-ring (bicyclic) bond motifs is 3. The number of aromatic nitrogens is 1. The third-order valence-corrected chi connectivity index (χ3v) is 4.65. The average molecular weight is 244 g/mol. The highest BCUT2D eigenvalue weighted by Gasteiger charge is 2.33. The van der Waals surface area contributed by atoms with Crippen LogP contribution < -0.4 is 4.90 Å². The van der Waals surface area contributed by atoms with Gasteiger partial charge in [-0.2, -0.15) is 12.6 Å². The maximum atomic E-state index is 4.38. The van der Waals surface area contributed by atoms with Gasteiger partial charge in [0.25, 0.3) is 0 Å². The highest BCUT2D eigenvalue weighted by Crippen LogP contribution is 2.45. The lowest BCUT2D eigenvalue weighted by molar-refractivity contribution is 0.475. The molecule has 1 fully saturated rings. The van der Waals surface area contributed by atoms with Crippen molar-refractivity contribution < 1.29 is 0 Å². The molecule has 2 nitrogen and oxygen atoms in total. The molecule has 5 rings (SSSR count). The molecule has 17 heavy (non-hydrogen) atoms. The summed E-state index contributed by atoms with van der Waals surface area (Å²) in [5.41, 5.74) is 4.18. The lowest BCUT2D eigenvalue weighted by atomic mass is 9.84. The van der Waals surface area contributed by atoms with Gasteiger partial charge in [-0.15, -0.1) is 0 Å². The number of benzene rings is 1. The fraction of sp³-hybridized carbons (Fsp3) is 0.429. The van der Waals surface area contributed by atoms with Gasteiger partial charge in [-0.3, -0.25) is 0 Å². The van der Waals surface area contributed by atoms with Gasteiger partial charge in [0.15, 0.2) is 0 Å². The molecule has 2 aromatic rings. The Hall–Kier alpha value is -1.09. The van der Waals surface area contributed by atoms with Crippen molar-refractivity contribution in [1.82, 2.24) is 4.98 Å². The summed E-state index contributed by atoms with van der Waals surface area (Å²) in [7, 11) is 0. The van der Waals surface area contributed by atoms with Crippen molar-refractivity contribution in [3.63, 3.8) is 0 Å². The predicted octanol–water partition coefficient (Wildman–Crippen LogP) is 3.30. The van der Waals surface area contributed by atoms with Crippen molar-refractivity contribution in [2.45, 2.75) is 24.5 Å².